The van der Waals surface area contributed by atoms with E-state index in [4.69, 9.17) is 0 Å². The van der Waals surface area contributed by atoms with E-state index in [0.29, 0.717) is 20.4 Å². The molecule has 0 bridgehead atoms. The third-order valence-electron chi connectivity index (χ3n) is 9.54. The maximum atomic E-state index is 4.39. The number of para-hydroxylation sites is 1. The molecule has 1 heterocycles. The quantitative estimate of drug-likeness (QED) is 0.254. The largest absolute Gasteiger partial charge is 0.218 e. The molecule has 6 heteroatoms. The van der Waals surface area contributed by atoms with E-state index >= 15 is 0 Å². The molecular weight excluding hydrogens is 503 g/mol. The molecule has 1 N–H and O–H groups in total. The van der Waals surface area contributed by atoms with Gasteiger partial charge in [-0.2, -0.15) is 4.99 Å². The Labute approximate surface area is 224 Å². The van der Waals surface area contributed by atoms with Gasteiger partial charge in [0, 0.05) is 43.4 Å². The van der Waals surface area contributed by atoms with Crippen LogP contribution in [0.1, 0.15) is 63.5 Å². The predicted octanol–water partition coefficient (Wildman–Crippen LogP) is 8.41. The first-order valence-corrected chi connectivity index (χ1v) is 29.6. The van der Waals surface area contributed by atoms with E-state index in [2.05, 4.69) is 135 Å². The lowest BCUT2D eigenvalue weighted by Crippen LogP contribution is -2.70. The molecule has 1 aliphatic heterocycles. The summed E-state index contributed by atoms with van der Waals surface area (Å²) >= 11 is 0. The number of hydrogen-bond donors (Lipinski definition) is 1. The summed E-state index contributed by atoms with van der Waals surface area (Å²) < 4.78 is 1.12. The third-order valence-corrected chi connectivity index (χ3v) is 44.4. The van der Waals surface area contributed by atoms with Gasteiger partial charge in [0.05, 0.1) is 0 Å². The molecule has 35 heavy (non-hydrogen) atoms. The highest BCUT2D eigenvalue weighted by molar-refractivity contribution is 7.21. The van der Waals surface area contributed by atoms with Crippen molar-refractivity contribution in [2.24, 2.45) is 0 Å². The van der Waals surface area contributed by atoms with Gasteiger partial charge in [-0.1, -0.05) is 137 Å². The van der Waals surface area contributed by atoms with Crippen molar-refractivity contribution >= 4 is 51.9 Å². The molecule has 0 amide bonds. The lowest BCUT2D eigenvalue weighted by molar-refractivity contribution is -0.345. The van der Waals surface area contributed by atoms with Crippen molar-refractivity contribution in [3.63, 3.8) is 0 Å². The fraction of sp³-hybridized carbons (Fsp3) is 0.759. The van der Waals surface area contributed by atoms with Gasteiger partial charge in [0.15, 0.2) is 8.41 Å². The SMILES string of the molecule is CC(C)c1cccc(C(C)C)c1[NH+]=C=[Si]1C([Si](C)(C)C)([Si](C)(C)C)CCC1([Si](C)(C)C)[Si](C)(C)C. The molecule has 1 aromatic carbocycles. The molecule has 0 aromatic heterocycles. The van der Waals surface area contributed by atoms with Crippen molar-refractivity contribution < 1.29 is 4.99 Å². The van der Waals surface area contributed by atoms with E-state index in [1.807, 2.05) is 0 Å². The molecule has 0 saturated carbocycles. The van der Waals surface area contributed by atoms with E-state index in [1.165, 1.54) is 29.7 Å². The number of rotatable bonds is 7. The van der Waals surface area contributed by atoms with Crippen molar-refractivity contribution in [1.29, 1.82) is 0 Å². The van der Waals surface area contributed by atoms with Crippen LogP contribution in [0.25, 0.3) is 0 Å². The highest BCUT2D eigenvalue weighted by Crippen LogP contribution is 2.68. The van der Waals surface area contributed by atoms with Crippen LogP contribution in [0, 0.1) is 0 Å². The summed E-state index contributed by atoms with van der Waals surface area (Å²) in [5.74, 6) is 1.02. The average Bonchev–Trinajstić information content (AvgIpc) is 3.03. The van der Waals surface area contributed by atoms with E-state index in [0.717, 1.165) is 0 Å². The average molecular weight is 561 g/mol. The minimum atomic E-state index is -1.48. The molecule has 0 radical (unpaired) electrons. The minimum Gasteiger partial charge on any atom is -0.171 e. The molecule has 2 rings (SSSR count). The van der Waals surface area contributed by atoms with E-state index in [9.17, 15) is 0 Å². The number of nitrogens with one attached hydrogen (secondary N) is 1. The summed E-state index contributed by atoms with van der Waals surface area (Å²) in [6.45, 7) is 41.9. The number of benzene rings is 1. The molecule has 1 aromatic rings. The second-order valence-corrected chi connectivity index (χ2v) is 43.2. The van der Waals surface area contributed by atoms with Crippen LogP contribution in [0.5, 0.6) is 0 Å². The van der Waals surface area contributed by atoms with Gasteiger partial charge in [-0.3, -0.25) is 0 Å². The summed E-state index contributed by atoms with van der Waals surface area (Å²) in [7, 11) is -6.85. The Morgan fingerprint density at radius 2 is 0.971 bits per heavy atom. The monoisotopic (exact) mass is 560 g/mol. The molecule has 0 atom stereocenters. The molecule has 0 aliphatic carbocycles. The molecule has 1 aliphatic rings. The smallest absolute Gasteiger partial charge is 0.171 e. The van der Waals surface area contributed by atoms with Crippen molar-refractivity contribution in [1.82, 2.24) is 0 Å². The first-order valence-electron chi connectivity index (χ1n) is 14.1. The Morgan fingerprint density at radius 1 is 0.657 bits per heavy atom. The van der Waals surface area contributed by atoms with Crippen LogP contribution < -0.4 is 4.99 Å². The maximum Gasteiger partial charge on any atom is 0.218 e. The second kappa shape index (κ2) is 9.88. The van der Waals surface area contributed by atoms with E-state index in [1.54, 1.807) is 0 Å². The molecule has 0 unspecified atom stereocenters. The standard InChI is InChI=1S/C29H57NSi5/c1-23(2)25-18-17-19-26(24(3)4)27(25)30-22-31-28(32(5,6)7,33(8,9)10)20-21-29(31,34(11,12)13)35(14,15)16/h17-19,23-24H,20-21H2,1-16H3/p+1. The Morgan fingerprint density at radius 3 is 1.23 bits per heavy atom. The summed E-state index contributed by atoms with van der Waals surface area (Å²) in [6, 6.07) is 6.96. The Bertz CT molecular complexity index is 892. The zero-order valence-corrected chi connectivity index (χ0v) is 31.3. The van der Waals surface area contributed by atoms with Crippen LogP contribution in [0.15, 0.2) is 18.2 Å². The van der Waals surface area contributed by atoms with Gasteiger partial charge < -0.3 is 0 Å². The Hall–Kier alpha value is -0.116. The molecule has 1 fully saturated rings. The maximum absolute atomic E-state index is 4.39. The van der Waals surface area contributed by atoms with Gasteiger partial charge in [0.2, 0.25) is 5.69 Å². The topological polar surface area (TPSA) is 14.0 Å². The zero-order chi connectivity index (χ0) is 27.4. The van der Waals surface area contributed by atoms with Crippen LogP contribution in [-0.2, 0) is 0 Å². The summed E-state index contributed by atoms with van der Waals surface area (Å²) in [6.07, 6.45) is 2.94. The van der Waals surface area contributed by atoms with Crippen molar-refractivity contribution in [3.05, 3.63) is 29.3 Å². The summed E-state index contributed by atoms with van der Waals surface area (Å²) in [5.41, 5.74) is 8.69. The normalized spacial score (nSPS) is 18.9. The van der Waals surface area contributed by atoms with Crippen LogP contribution in [0.2, 0.25) is 87.1 Å². The Balaban J connectivity index is 3.18. The Kier molecular flexibility index (Phi) is 8.78. The lowest BCUT2D eigenvalue weighted by Gasteiger charge is -2.55. The first kappa shape index (κ1) is 31.1. The van der Waals surface area contributed by atoms with Crippen LogP contribution in [0.4, 0.5) is 5.69 Å². The third kappa shape index (κ3) is 5.14. The lowest BCUT2D eigenvalue weighted by atomic mass is 9.93. The van der Waals surface area contributed by atoms with Gasteiger partial charge in [-0.15, -0.1) is 0 Å². The van der Waals surface area contributed by atoms with Crippen molar-refractivity contribution in [3.8, 4) is 0 Å². The van der Waals surface area contributed by atoms with Crippen LogP contribution >= 0.6 is 0 Å². The molecule has 1 nitrogen and oxygen atoms in total. The minimum absolute atomic E-state index is 0.510. The van der Waals surface area contributed by atoms with Gasteiger partial charge >= 0.3 is 0 Å². The molecule has 1 saturated heterocycles. The second-order valence-electron chi connectivity index (χ2n) is 16.1. The summed E-state index contributed by atoms with van der Waals surface area (Å²) in [4.78, 5) is 4.07. The fourth-order valence-electron chi connectivity index (χ4n) is 8.27. The highest BCUT2D eigenvalue weighted by Gasteiger charge is 2.71. The van der Waals surface area contributed by atoms with Crippen molar-refractivity contribution in [2.75, 3.05) is 0 Å². The predicted molar refractivity (Wildman–Crippen MR) is 174 cm³/mol. The van der Waals surface area contributed by atoms with Gasteiger partial charge in [0.25, 0.3) is 0 Å². The number of hydrogen-bond acceptors (Lipinski definition) is 0. The van der Waals surface area contributed by atoms with Crippen molar-refractivity contribution in [2.45, 2.75) is 140 Å². The summed E-state index contributed by atoms with van der Waals surface area (Å²) in [5, 5.41) is 0. The molecule has 198 valence electrons. The van der Waals surface area contributed by atoms with Crippen LogP contribution in [0.3, 0.4) is 0 Å². The molecule has 0 spiro atoms. The van der Waals surface area contributed by atoms with Gasteiger partial charge in [-0.25, -0.2) is 0 Å². The van der Waals surface area contributed by atoms with E-state index < -0.39 is 40.7 Å². The van der Waals surface area contributed by atoms with E-state index in [-0.39, 0.29) is 0 Å². The zero-order valence-electron chi connectivity index (χ0n) is 26.3. The highest BCUT2D eigenvalue weighted by atomic mass is 28.5. The fourth-order valence-corrected chi connectivity index (χ4v) is 48.7. The first-order chi connectivity index (χ1) is 15.6. The van der Waals surface area contributed by atoms with Gasteiger partial charge in [-0.05, 0) is 20.4 Å². The molecular formula is C29H58NSi5+. The van der Waals surface area contributed by atoms with Gasteiger partial charge in [0.1, 0.15) is 5.47 Å². The van der Waals surface area contributed by atoms with Crippen LogP contribution in [-0.4, -0.2) is 46.2 Å².